The van der Waals surface area contributed by atoms with Crippen LogP contribution in [-0.4, -0.2) is 26.7 Å². The molecule has 5 atom stereocenters. The van der Waals surface area contributed by atoms with E-state index in [1.807, 2.05) is 0 Å². The Balaban J connectivity index is 1.63. The van der Waals surface area contributed by atoms with Gasteiger partial charge in [0.15, 0.2) is 0 Å². The van der Waals surface area contributed by atoms with E-state index in [1.54, 1.807) is 13.8 Å². The molecule has 0 saturated heterocycles. The Hall–Kier alpha value is -1.92. The smallest absolute Gasteiger partial charge is 0.309 e. The highest BCUT2D eigenvalue weighted by Gasteiger charge is 2.42. The van der Waals surface area contributed by atoms with Gasteiger partial charge in [0.25, 0.3) is 0 Å². The van der Waals surface area contributed by atoms with Crippen molar-refractivity contribution in [2.75, 3.05) is 0 Å². The molecule has 0 aliphatic heterocycles. The lowest BCUT2D eigenvalue weighted by atomic mass is 9.84. The summed E-state index contributed by atoms with van der Waals surface area (Å²) in [5.74, 6) is 2.04. The van der Waals surface area contributed by atoms with Gasteiger partial charge in [0.05, 0.1) is 4.92 Å². The SMILES string of the molecule is Cc1nn([C@H](C)C(=O)N[C@H](C)[C@@H]2C[C@H]3CC[C@H]2C3)cc1[N+](=O)[O-]. The number of hydrogen-bond acceptors (Lipinski definition) is 4. The summed E-state index contributed by atoms with van der Waals surface area (Å²) in [6.45, 7) is 5.38. The molecule has 126 valence electrons. The van der Waals surface area contributed by atoms with Gasteiger partial charge in [-0.05, 0) is 57.8 Å². The van der Waals surface area contributed by atoms with E-state index in [0.29, 0.717) is 11.6 Å². The van der Waals surface area contributed by atoms with Crippen molar-refractivity contribution in [3.05, 3.63) is 22.0 Å². The van der Waals surface area contributed by atoms with Crippen LogP contribution in [0.3, 0.4) is 0 Å². The van der Waals surface area contributed by atoms with Gasteiger partial charge in [-0.25, -0.2) is 0 Å². The summed E-state index contributed by atoms with van der Waals surface area (Å²) in [7, 11) is 0. The second-order valence-corrected chi connectivity index (χ2v) is 7.15. The Kier molecular flexibility index (Phi) is 4.12. The highest BCUT2D eigenvalue weighted by molar-refractivity contribution is 5.80. The lowest BCUT2D eigenvalue weighted by molar-refractivity contribution is -0.385. The number of aryl methyl sites for hydroxylation is 1. The van der Waals surface area contributed by atoms with Gasteiger partial charge in [-0.2, -0.15) is 5.10 Å². The first kappa shape index (κ1) is 16.0. The van der Waals surface area contributed by atoms with Gasteiger partial charge >= 0.3 is 5.69 Å². The number of amides is 1. The summed E-state index contributed by atoms with van der Waals surface area (Å²) in [5.41, 5.74) is 0.279. The van der Waals surface area contributed by atoms with Gasteiger partial charge < -0.3 is 5.32 Å². The number of carbonyl (C=O) groups is 1. The van der Waals surface area contributed by atoms with Gasteiger partial charge in [-0.15, -0.1) is 0 Å². The van der Waals surface area contributed by atoms with Crippen LogP contribution in [0.25, 0.3) is 0 Å². The van der Waals surface area contributed by atoms with Crippen LogP contribution in [0.2, 0.25) is 0 Å². The van der Waals surface area contributed by atoms with Gasteiger partial charge in [-0.1, -0.05) is 6.42 Å². The highest BCUT2D eigenvalue weighted by Crippen LogP contribution is 2.49. The van der Waals surface area contributed by atoms with Crippen molar-refractivity contribution >= 4 is 11.6 Å². The van der Waals surface area contributed by atoms with Gasteiger partial charge in [0.2, 0.25) is 5.91 Å². The summed E-state index contributed by atoms with van der Waals surface area (Å²) in [4.78, 5) is 22.9. The van der Waals surface area contributed by atoms with Gasteiger partial charge in [-0.3, -0.25) is 19.6 Å². The van der Waals surface area contributed by atoms with E-state index >= 15 is 0 Å². The molecule has 2 aliphatic rings. The van der Waals surface area contributed by atoms with Crippen LogP contribution in [0.1, 0.15) is 51.3 Å². The van der Waals surface area contributed by atoms with E-state index in [0.717, 1.165) is 11.8 Å². The third-order valence-electron chi connectivity index (χ3n) is 5.67. The summed E-state index contributed by atoms with van der Waals surface area (Å²) >= 11 is 0. The molecule has 1 aromatic rings. The lowest BCUT2D eigenvalue weighted by Gasteiger charge is -2.29. The molecule has 0 aromatic carbocycles. The Morgan fingerprint density at radius 1 is 1.43 bits per heavy atom. The van der Waals surface area contributed by atoms with Crippen LogP contribution in [0.15, 0.2) is 6.20 Å². The maximum Gasteiger partial charge on any atom is 0.309 e. The lowest BCUT2D eigenvalue weighted by Crippen LogP contribution is -2.43. The molecule has 0 unspecified atom stereocenters. The topological polar surface area (TPSA) is 90.1 Å². The van der Waals surface area contributed by atoms with E-state index in [2.05, 4.69) is 17.3 Å². The Labute approximate surface area is 135 Å². The first-order valence-electron chi connectivity index (χ1n) is 8.37. The number of fused-ring (bicyclic) bond motifs is 2. The summed E-state index contributed by atoms with van der Waals surface area (Å²) in [6, 6.07) is -0.407. The summed E-state index contributed by atoms with van der Waals surface area (Å²) in [5, 5.41) is 18.1. The number of nitro groups is 1. The second kappa shape index (κ2) is 5.94. The fraction of sp³-hybridized carbons (Fsp3) is 0.750. The Morgan fingerprint density at radius 3 is 2.70 bits per heavy atom. The normalized spacial score (nSPS) is 28.6. The minimum absolute atomic E-state index is 0.0502. The van der Waals surface area contributed by atoms with Gasteiger partial charge in [0, 0.05) is 6.04 Å². The number of nitrogens with zero attached hydrogens (tertiary/aromatic N) is 3. The molecule has 2 aliphatic carbocycles. The number of hydrogen-bond donors (Lipinski definition) is 1. The van der Waals surface area contributed by atoms with Crippen molar-refractivity contribution in [1.29, 1.82) is 0 Å². The maximum atomic E-state index is 12.5. The standard InChI is InChI=1S/C16H24N4O3/c1-9(14-7-12-4-5-13(14)6-12)17-16(21)11(3)19-8-15(20(22)23)10(2)18-19/h8-9,11-14H,4-7H2,1-3H3,(H,17,21)/t9-,11-,12+,13+,14+/m1/s1. The molecule has 2 fully saturated rings. The van der Waals surface area contributed by atoms with Crippen LogP contribution < -0.4 is 5.32 Å². The molecule has 1 N–H and O–H groups in total. The van der Waals surface area contributed by atoms with Crippen LogP contribution in [0.4, 0.5) is 5.69 Å². The molecule has 1 amide bonds. The molecule has 0 radical (unpaired) electrons. The van der Waals surface area contributed by atoms with Crippen molar-refractivity contribution in [2.45, 2.75) is 58.5 Å². The quantitative estimate of drug-likeness (QED) is 0.667. The predicted molar refractivity (Wildman–Crippen MR) is 84.9 cm³/mol. The van der Waals surface area contributed by atoms with Crippen molar-refractivity contribution in [2.24, 2.45) is 17.8 Å². The fourth-order valence-corrected chi connectivity index (χ4v) is 4.33. The average Bonchev–Trinajstić information content (AvgIpc) is 3.20. The van der Waals surface area contributed by atoms with Crippen LogP contribution >= 0.6 is 0 Å². The zero-order chi connectivity index (χ0) is 16.7. The zero-order valence-corrected chi connectivity index (χ0v) is 13.9. The molecule has 3 rings (SSSR count). The fourth-order valence-electron chi connectivity index (χ4n) is 4.33. The minimum Gasteiger partial charge on any atom is -0.352 e. The molecule has 1 aromatic heterocycles. The van der Waals surface area contributed by atoms with E-state index in [1.165, 1.54) is 36.6 Å². The molecule has 0 spiro atoms. The van der Waals surface area contributed by atoms with E-state index in [-0.39, 0.29) is 17.6 Å². The second-order valence-electron chi connectivity index (χ2n) is 7.15. The number of aromatic nitrogens is 2. The minimum atomic E-state index is -0.552. The Bertz CT molecular complexity index is 627. The van der Waals surface area contributed by atoms with Crippen LogP contribution in [0.5, 0.6) is 0 Å². The third-order valence-corrected chi connectivity index (χ3v) is 5.67. The number of carbonyl (C=O) groups excluding carboxylic acids is 1. The monoisotopic (exact) mass is 320 g/mol. The molecule has 1 heterocycles. The number of rotatable bonds is 5. The average molecular weight is 320 g/mol. The summed E-state index contributed by atoms with van der Waals surface area (Å²) < 4.78 is 1.39. The molecule has 23 heavy (non-hydrogen) atoms. The molecular formula is C16H24N4O3. The van der Waals surface area contributed by atoms with Crippen molar-refractivity contribution in [3.8, 4) is 0 Å². The van der Waals surface area contributed by atoms with Crippen molar-refractivity contribution < 1.29 is 9.72 Å². The van der Waals surface area contributed by atoms with E-state index in [4.69, 9.17) is 0 Å². The van der Waals surface area contributed by atoms with E-state index in [9.17, 15) is 14.9 Å². The van der Waals surface area contributed by atoms with Crippen LogP contribution in [0, 0.1) is 34.8 Å². The zero-order valence-electron chi connectivity index (χ0n) is 13.9. The first-order chi connectivity index (χ1) is 10.9. The molecular weight excluding hydrogens is 296 g/mol. The molecule has 2 bridgehead atoms. The third kappa shape index (κ3) is 2.96. The number of nitrogens with one attached hydrogen (secondary N) is 1. The largest absolute Gasteiger partial charge is 0.352 e. The predicted octanol–water partition coefficient (Wildman–Crippen LogP) is 2.60. The summed E-state index contributed by atoms with van der Waals surface area (Å²) in [6.07, 6.45) is 6.49. The Morgan fingerprint density at radius 2 is 2.17 bits per heavy atom. The van der Waals surface area contributed by atoms with E-state index < -0.39 is 11.0 Å². The molecule has 7 heteroatoms. The first-order valence-corrected chi connectivity index (χ1v) is 8.37. The molecule has 2 saturated carbocycles. The molecule has 7 nitrogen and oxygen atoms in total. The van der Waals surface area contributed by atoms with Crippen molar-refractivity contribution in [3.63, 3.8) is 0 Å². The van der Waals surface area contributed by atoms with Gasteiger partial charge in [0.1, 0.15) is 17.9 Å². The van der Waals surface area contributed by atoms with Crippen LogP contribution in [-0.2, 0) is 4.79 Å². The van der Waals surface area contributed by atoms with Crippen molar-refractivity contribution in [1.82, 2.24) is 15.1 Å². The maximum absolute atomic E-state index is 12.5. The highest BCUT2D eigenvalue weighted by atomic mass is 16.6.